The molecule has 68 valence electrons. The van der Waals surface area contributed by atoms with Gasteiger partial charge in [0, 0.05) is 0 Å². The molecule has 0 spiro atoms. The topological polar surface area (TPSA) is 20.2 Å². The Morgan fingerprint density at radius 3 is 2.46 bits per heavy atom. The van der Waals surface area contributed by atoms with Crippen molar-refractivity contribution in [1.29, 1.82) is 0 Å². The molecule has 13 heavy (non-hydrogen) atoms. The number of rotatable bonds is 3. The summed E-state index contributed by atoms with van der Waals surface area (Å²) in [5.74, 6) is 2.45. The van der Waals surface area contributed by atoms with Gasteiger partial charge in [-0.25, -0.2) is 0 Å². The van der Waals surface area contributed by atoms with Crippen LogP contribution in [0.5, 0.6) is 0 Å². The smallest absolute Gasteiger partial charge is 0.150 e. The summed E-state index contributed by atoms with van der Waals surface area (Å²) in [5, 5.41) is 10.1. The molecule has 1 unspecified atom stereocenters. The highest BCUT2D eigenvalue weighted by atomic mass is 16.3. The summed E-state index contributed by atoms with van der Waals surface area (Å²) < 4.78 is 0. The first-order chi connectivity index (χ1) is 6.23. The van der Waals surface area contributed by atoms with Crippen LogP contribution in [0.1, 0.15) is 25.3 Å². The summed E-state index contributed by atoms with van der Waals surface area (Å²) in [6.45, 7) is 2.01. The van der Waals surface area contributed by atoms with E-state index >= 15 is 0 Å². The van der Waals surface area contributed by atoms with Crippen molar-refractivity contribution in [3.8, 4) is 12.3 Å². The maximum Gasteiger partial charge on any atom is 0.150 e. The molecule has 0 amide bonds. The first-order valence-corrected chi connectivity index (χ1v) is 4.48. The van der Waals surface area contributed by atoms with Gasteiger partial charge >= 0.3 is 0 Å². The molecule has 0 aliphatic heterocycles. The predicted octanol–water partition coefficient (Wildman–Crippen LogP) is 2.31. The predicted molar refractivity (Wildman–Crippen MR) is 54.1 cm³/mol. The fourth-order valence-electron chi connectivity index (χ4n) is 1.38. The molecule has 1 atom stereocenters. The van der Waals surface area contributed by atoms with E-state index in [1.807, 2.05) is 37.3 Å². The van der Waals surface area contributed by atoms with Crippen LogP contribution in [0, 0.1) is 12.3 Å². The normalized spacial score (nSPS) is 14.5. The Hall–Kier alpha value is -1.26. The van der Waals surface area contributed by atoms with Gasteiger partial charge in [-0.3, -0.25) is 0 Å². The van der Waals surface area contributed by atoms with Gasteiger partial charge in [-0.2, -0.15) is 0 Å². The highest BCUT2D eigenvalue weighted by molar-refractivity contribution is 5.29. The Kier molecular flexibility index (Phi) is 3.11. The van der Waals surface area contributed by atoms with Crippen LogP contribution in [-0.4, -0.2) is 5.11 Å². The highest BCUT2D eigenvalue weighted by Crippen LogP contribution is 2.24. The summed E-state index contributed by atoms with van der Waals surface area (Å²) in [4.78, 5) is 0. The third kappa shape index (κ3) is 2.11. The Bertz CT molecular complexity index is 297. The van der Waals surface area contributed by atoms with Crippen molar-refractivity contribution in [3.05, 3.63) is 35.9 Å². The number of hydrogen-bond donors (Lipinski definition) is 1. The third-order valence-corrected chi connectivity index (χ3v) is 2.10. The van der Waals surface area contributed by atoms with Crippen molar-refractivity contribution in [2.45, 2.75) is 25.4 Å². The molecule has 0 radical (unpaired) electrons. The molecule has 1 heteroatoms. The standard InChI is InChI=1S/C12H14O/c1-3-10-12(13,4-2)11-8-6-5-7-9-11/h2,5-9,13H,3,10H2,1H3. The summed E-state index contributed by atoms with van der Waals surface area (Å²) in [6, 6.07) is 9.39. The Morgan fingerprint density at radius 2 is 2.00 bits per heavy atom. The van der Waals surface area contributed by atoms with Crippen LogP contribution in [0.4, 0.5) is 0 Å². The molecule has 1 aromatic carbocycles. The highest BCUT2D eigenvalue weighted by Gasteiger charge is 2.24. The van der Waals surface area contributed by atoms with Crippen LogP contribution in [0.25, 0.3) is 0 Å². The number of benzene rings is 1. The Balaban J connectivity index is 2.98. The number of hydrogen-bond acceptors (Lipinski definition) is 1. The van der Waals surface area contributed by atoms with Crippen LogP contribution < -0.4 is 0 Å². The summed E-state index contributed by atoms with van der Waals surface area (Å²) in [6.07, 6.45) is 6.80. The minimum absolute atomic E-state index is 0.605. The molecule has 0 aliphatic carbocycles. The fraction of sp³-hybridized carbons (Fsp3) is 0.333. The number of terminal acetylenes is 1. The molecule has 0 fully saturated rings. The molecule has 1 N–H and O–H groups in total. The van der Waals surface area contributed by atoms with Crippen molar-refractivity contribution < 1.29 is 5.11 Å². The van der Waals surface area contributed by atoms with Crippen molar-refractivity contribution in [1.82, 2.24) is 0 Å². The summed E-state index contributed by atoms with van der Waals surface area (Å²) >= 11 is 0. The van der Waals surface area contributed by atoms with E-state index in [-0.39, 0.29) is 0 Å². The van der Waals surface area contributed by atoms with E-state index < -0.39 is 5.60 Å². The first-order valence-electron chi connectivity index (χ1n) is 4.48. The fourth-order valence-corrected chi connectivity index (χ4v) is 1.38. The molecule has 0 heterocycles. The number of aliphatic hydroxyl groups is 1. The van der Waals surface area contributed by atoms with Gasteiger partial charge < -0.3 is 5.11 Å². The van der Waals surface area contributed by atoms with Crippen LogP contribution in [0.15, 0.2) is 30.3 Å². The maximum atomic E-state index is 10.1. The molecule has 0 bridgehead atoms. The van der Waals surface area contributed by atoms with E-state index in [9.17, 15) is 5.11 Å². The lowest BCUT2D eigenvalue weighted by Crippen LogP contribution is -2.22. The zero-order chi connectivity index (χ0) is 9.73. The zero-order valence-electron chi connectivity index (χ0n) is 7.83. The molecular formula is C12H14O. The quantitative estimate of drug-likeness (QED) is 0.697. The molecule has 0 saturated carbocycles. The van der Waals surface area contributed by atoms with Gasteiger partial charge in [0.1, 0.15) is 0 Å². The monoisotopic (exact) mass is 174 g/mol. The molecule has 1 rings (SSSR count). The second-order valence-corrected chi connectivity index (χ2v) is 3.12. The molecular weight excluding hydrogens is 160 g/mol. The average Bonchev–Trinajstić information content (AvgIpc) is 2.19. The third-order valence-electron chi connectivity index (χ3n) is 2.10. The van der Waals surface area contributed by atoms with Gasteiger partial charge in [0.25, 0.3) is 0 Å². The molecule has 0 saturated heterocycles. The van der Waals surface area contributed by atoms with Crippen LogP contribution >= 0.6 is 0 Å². The van der Waals surface area contributed by atoms with Gasteiger partial charge in [-0.15, -0.1) is 6.42 Å². The van der Waals surface area contributed by atoms with Crippen LogP contribution in [-0.2, 0) is 5.60 Å². The van der Waals surface area contributed by atoms with Gasteiger partial charge in [-0.05, 0) is 12.0 Å². The second kappa shape index (κ2) is 4.11. The molecule has 1 nitrogen and oxygen atoms in total. The largest absolute Gasteiger partial charge is 0.373 e. The van der Waals surface area contributed by atoms with Crippen molar-refractivity contribution in [3.63, 3.8) is 0 Å². The lowest BCUT2D eigenvalue weighted by molar-refractivity contribution is 0.0896. The van der Waals surface area contributed by atoms with Gasteiger partial charge in [0.15, 0.2) is 5.60 Å². The van der Waals surface area contributed by atoms with Crippen LogP contribution in [0.3, 0.4) is 0 Å². The van der Waals surface area contributed by atoms with Crippen molar-refractivity contribution in [2.24, 2.45) is 0 Å². The molecule has 0 aliphatic rings. The Labute approximate surface area is 79.4 Å². The molecule has 1 aromatic rings. The maximum absolute atomic E-state index is 10.1. The second-order valence-electron chi connectivity index (χ2n) is 3.12. The zero-order valence-corrected chi connectivity index (χ0v) is 7.83. The first kappa shape index (κ1) is 9.83. The van der Waals surface area contributed by atoms with E-state index in [1.165, 1.54) is 0 Å². The minimum atomic E-state index is -1.09. The van der Waals surface area contributed by atoms with Gasteiger partial charge in [0.2, 0.25) is 0 Å². The average molecular weight is 174 g/mol. The van der Waals surface area contributed by atoms with Gasteiger partial charge in [-0.1, -0.05) is 49.6 Å². The van der Waals surface area contributed by atoms with Gasteiger partial charge in [0.05, 0.1) is 0 Å². The minimum Gasteiger partial charge on any atom is -0.373 e. The summed E-state index contributed by atoms with van der Waals surface area (Å²) in [7, 11) is 0. The lowest BCUT2D eigenvalue weighted by atomic mass is 9.90. The summed E-state index contributed by atoms with van der Waals surface area (Å²) in [5.41, 5.74) is -0.282. The van der Waals surface area contributed by atoms with E-state index in [0.717, 1.165) is 12.0 Å². The Morgan fingerprint density at radius 1 is 1.38 bits per heavy atom. The van der Waals surface area contributed by atoms with Crippen molar-refractivity contribution in [2.75, 3.05) is 0 Å². The van der Waals surface area contributed by atoms with E-state index in [0.29, 0.717) is 6.42 Å². The van der Waals surface area contributed by atoms with Crippen LogP contribution in [0.2, 0.25) is 0 Å². The van der Waals surface area contributed by atoms with E-state index in [4.69, 9.17) is 6.42 Å². The SMILES string of the molecule is C#CC(O)(CCC)c1ccccc1. The van der Waals surface area contributed by atoms with Crippen molar-refractivity contribution >= 4 is 0 Å². The molecule has 0 aromatic heterocycles. The van der Waals surface area contributed by atoms with E-state index in [1.54, 1.807) is 0 Å². The lowest BCUT2D eigenvalue weighted by Gasteiger charge is -2.21. The van der Waals surface area contributed by atoms with E-state index in [2.05, 4.69) is 5.92 Å².